The van der Waals surface area contributed by atoms with Crippen LogP contribution in [0, 0.1) is 30.1 Å². The topological polar surface area (TPSA) is 32.3 Å². The Bertz CT molecular complexity index is 1060. The first-order valence-corrected chi connectivity index (χ1v) is 14.7. The summed E-state index contributed by atoms with van der Waals surface area (Å²) in [5.41, 5.74) is 3.95. The van der Waals surface area contributed by atoms with Crippen molar-refractivity contribution in [1.29, 1.82) is 0 Å². The van der Waals surface area contributed by atoms with E-state index in [-0.39, 0.29) is 5.91 Å². The zero-order valence-corrected chi connectivity index (χ0v) is 22.3. The van der Waals surface area contributed by atoms with Crippen LogP contribution >= 0.6 is 0 Å². The predicted octanol–water partition coefficient (Wildman–Crippen LogP) is 6.95. The number of rotatable bonds is 4. The minimum atomic E-state index is 0.114. The van der Waals surface area contributed by atoms with E-state index >= 15 is 0 Å². The molecule has 6 atom stereocenters. The fourth-order valence-electron chi connectivity index (χ4n) is 8.38. The molecule has 3 fully saturated rings. The molecule has 0 radical (unpaired) electrons. The third kappa shape index (κ3) is 4.42. The molecule has 1 amide bonds. The van der Waals surface area contributed by atoms with Gasteiger partial charge in [0, 0.05) is 35.5 Å². The van der Waals surface area contributed by atoms with E-state index in [1.807, 2.05) is 0 Å². The normalized spacial score (nSPS) is 36.4. The van der Waals surface area contributed by atoms with Gasteiger partial charge in [-0.15, -0.1) is 0 Å². The van der Waals surface area contributed by atoms with E-state index in [0.717, 1.165) is 18.4 Å². The second kappa shape index (κ2) is 9.97. The standard InChI is InChI=1S/C33H44N2O/c1-23-20-27(32(36)34-28-9-4-3-5-10-28)13-15-30(23)26-12-14-29(21-26)35-19-18-33(24(2)22-35)17-16-25-8-6-7-11-31(25)33/h6-8,11,13,15-17,20,24-26,28-29,31H,3-5,9-10,12,14,18-19,21-22H2,1-2H3,(H,34,36)/t24-,25?,26?,29?,31?,33?/m0/s1. The van der Waals surface area contributed by atoms with Crippen LogP contribution in [0.15, 0.2) is 54.7 Å². The van der Waals surface area contributed by atoms with Gasteiger partial charge in [0.15, 0.2) is 0 Å². The van der Waals surface area contributed by atoms with Crippen LogP contribution in [0.25, 0.3) is 0 Å². The van der Waals surface area contributed by atoms with Crippen LogP contribution in [-0.4, -0.2) is 36.0 Å². The lowest BCUT2D eigenvalue weighted by atomic mass is 9.62. The Balaban J connectivity index is 1.07. The van der Waals surface area contributed by atoms with Crippen molar-refractivity contribution in [3.05, 3.63) is 71.3 Å². The lowest BCUT2D eigenvalue weighted by Gasteiger charge is -2.49. The molecule has 1 aromatic carbocycles. The largest absolute Gasteiger partial charge is 0.349 e. The summed E-state index contributed by atoms with van der Waals surface area (Å²) in [5, 5.41) is 3.29. The minimum Gasteiger partial charge on any atom is -0.349 e. The van der Waals surface area contributed by atoms with Crippen molar-refractivity contribution in [3.8, 4) is 0 Å². The molecule has 4 aliphatic carbocycles. The van der Waals surface area contributed by atoms with Crippen molar-refractivity contribution < 1.29 is 4.79 Å². The Morgan fingerprint density at radius 2 is 1.86 bits per heavy atom. The number of carbonyl (C=O) groups excluding carboxylic acids is 1. The Labute approximate surface area is 218 Å². The van der Waals surface area contributed by atoms with Crippen LogP contribution in [0.2, 0.25) is 0 Å². The molecule has 1 saturated heterocycles. The maximum atomic E-state index is 12.9. The molecule has 1 spiro atoms. The summed E-state index contributed by atoms with van der Waals surface area (Å²) in [4.78, 5) is 15.7. The van der Waals surface area contributed by atoms with E-state index < -0.39 is 0 Å². The summed E-state index contributed by atoms with van der Waals surface area (Å²) in [6, 6.07) is 7.55. The number of hydrogen-bond acceptors (Lipinski definition) is 2. The SMILES string of the molecule is Cc1cc(C(=O)NC2CCCCC2)ccc1C1CCC(N2CCC3(C=CC4C=CC=CC43)[C@@H](C)C2)C1. The van der Waals surface area contributed by atoms with Crippen LogP contribution in [0.5, 0.6) is 0 Å². The Hall–Kier alpha value is -2.13. The molecule has 1 N–H and O–H groups in total. The molecule has 1 heterocycles. The molecule has 2 saturated carbocycles. The average molecular weight is 485 g/mol. The summed E-state index contributed by atoms with van der Waals surface area (Å²) in [7, 11) is 0. The monoisotopic (exact) mass is 484 g/mol. The lowest BCUT2D eigenvalue weighted by Crippen LogP contribution is -2.51. The van der Waals surface area contributed by atoms with Gasteiger partial charge >= 0.3 is 0 Å². The highest BCUT2D eigenvalue weighted by atomic mass is 16.1. The van der Waals surface area contributed by atoms with Gasteiger partial charge in [0.1, 0.15) is 0 Å². The van der Waals surface area contributed by atoms with Crippen molar-refractivity contribution in [2.45, 2.75) is 89.6 Å². The van der Waals surface area contributed by atoms with Crippen LogP contribution in [0.1, 0.15) is 92.1 Å². The van der Waals surface area contributed by atoms with Crippen LogP contribution < -0.4 is 5.32 Å². The molecule has 0 bridgehead atoms. The van der Waals surface area contributed by atoms with Gasteiger partial charge in [0.25, 0.3) is 5.91 Å². The van der Waals surface area contributed by atoms with Gasteiger partial charge in [-0.3, -0.25) is 4.79 Å². The van der Waals surface area contributed by atoms with E-state index in [4.69, 9.17) is 0 Å². The molecular formula is C33H44N2O. The zero-order valence-electron chi connectivity index (χ0n) is 22.3. The van der Waals surface area contributed by atoms with Crippen molar-refractivity contribution in [3.63, 3.8) is 0 Å². The number of hydrogen-bond donors (Lipinski definition) is 1. The molecule has 192 valence electrons. The van der Waals surface area contributed by atoms with Crippen molar-refractivity contribution in [2.24, 2.45) is 23.2 Å². The molecule has 36 heavy (non-hydrogen) atoms. The number of allylic oxidation sites excluding steroid dienone is 6. The van der Waals surface area contributed by atoms with Crippen LogP contribution in [-0.2, 0) is 0 Å². The fourth-order valence-corrected chi connectivity index (χ4v) is 8.38. The van der Waals surface area contributed by atoms with Crippen molar-refractivity contribution >= 4 is 5.91 Å². The van der Waals surface area contributed by atoms with Gasteiger partial charge in [0.05, 0.1) is 0 Å². The molecular weight excluding hydrogens is 440 g/mol. The maximum absolute atomic E-state index is 12.9. The highest BCUT2D eigenvalue weighted by Crippen LogP contribution is 2.54. The summed E-state index contributed by atoms with van der Waals surface area (Å²) in [6.07, 6.45) is 25.6. The highest BCUT2D eigenvalue weighted by Gasteiger charge is 2.49. The third-order valence-electron chi connectivity index (χ3n) is 10.5. The molecule has 0 aromatic heterocycles. The first kappa shape index (κ1) is 24.2. The number of piperidine rings is 1. The number of benzene rings is 1. The second-order valence-corrected chi connectivity index (χ2v) is 12.5. The molecule has 5 aliphatic rings. The molecule has 3 nitrogen and oxygen atoms in total. The first-order chi connectivity index (χ1) is 17.5. The number of amides is 1. The molecule has 6 rings (SSSR count). The number of fused-ring (bicyclic) bond motifs is 2. The minimum absolute atomic E-state index is 0.114. The Morgan fingerprint density at radius 1 is 1.03 bits per heavy atom. The maximum Gasteiger partial charge on any atom is 0.251 e. The van der Waals surface area contributed by atoms with E-state index in [1.54, 1.807) is 0 Å². The Kier molecular flexibility index (Phi) is 6.71. The van der Waals surface area contributed by atoms with Gasteiger partial charge in [-0.1, -0.05) is 68.7 Å². The van der Waals surface area contributed by atoms with E-state index in [2.05, 4.69) is 78.7 Å². The van der Waals surface area contributed by atoms with Crippen molar-refractivity contribution in [2.75, 3.05) is 13.1 Å². The Morgan fingerprint density at radius 3 is 2.67 bits per heavy atom. The van der Waals surface area contributed by atoms with Gasteiger partial charge in [-0.2, -0.15) is 0 Å². The van der Waals surface area contributed by atoms with E-state index in [9.17, 15) is 4.79 Å². The number of likely N-dealkylation sites (tertiary alicyclic amines) is 1. The first-order valence-electron chi connectivity index (χ1n) is 14.7. The average Bonchev–Trinajstić information content (AvgIpc) is 3.53. The number of aryl methyl sites for hydroxylation is 1. The van der Waals surface area contributed by atoms with Crippen LogP contribution in [0.3, 0.4) is 0 Å². The third-order valence-corrected chi connectivity index (χ3v) is 10.5. The molecule has 3 heteroatoms. The summed E-state index contributed by atoms with van der Waals surface area (Å²) in [6.45, 7) is 7.16. The van der Waals surface area contributed by atoms with E-state index in [0.29, 0.717) is 41.2 Å². The number of nitrogens with zero attached hydrogens (tertiary/aromatic N) is 1. The molecule has 5 unspecified atom stereocenters. The van der Waals surface area contributed by atoms with Gasteiger partial charge in [-0.05, 0) is 93.0 Å². The molecule has 1 aromatic rings. The summed E-state index contributed by atoms with van der Waals surface area (Å²) < 4.78 is 0. The van der Waals surface area contributed by atoms with Gasteiger partial charge in [0.2, 0.25) is 0 Å². The lowest BCUT2D eigenvalue weighted by molar-refractivity contribution is 0.0265. The second-order valence-electron chi connectivity index (χ2n) is 12.5. The number of nitrogens with one attached hydrogen (secondary N) is 1. The number of carbonyl (C=O) groups is 1. The van der Waals surface area contributed by atoms with Gasteiger partial charge < -0.3 is 10.2 Å². The summed E-state index contributed by atoms with van der Waals surface area (Å²) in [5.74, 6) is 2.70. The van der Waals surface area contributed by atoms with Gasteiger partial charge in [-0.25, -0.2) is 0 Å². The van der Waals surface area contributed by atoms with E-state index in [1.165, 1.54) is 69.2 Å². The zero-order chi connectivity index (χ0) is 24.7. The van der Waals surface area contributed by atoms with Crippen molar-refractivity contribution in [1.82, 2.24) is 10.2 Å². The van der Waals surface area contributed by atoms with Crippen LogP contribution in [0.4, 0.5) is 0 Å². The smallest absolute Gasteiger partial charge is 0.251 e. The fraction of sp³-hybridized carbons (Fsp3) is 0.606. The molecule has 1 aliphatic heterocycles. The quantitative estimate of drug-likeness (QED) is 0.469. The highest BCUT2D eigenvalue weighted by molar-refractivity contribution is 5.94. The predicted molar refractivity (Wildman–Crippen MR) is 148 cm³/mol. The summed E-state index contributed by atoms with van der Waals surface area (Å²) >= 11 is 0.